The van der Waals surface area contributed by atoms with E-state index in [2.05, 4.69) is 11.6 Å². The normalized spacial score (nSPS) is 12.2. The number of ether oxygens (including phenoxy) is 1. The van der Waals surface area contributed by atoms with Gasteiger partial charge in [0.15, 0.2) is 0 Å². The zero-order valence-electron chi connectivity index (χ0n) is 19.7. The van der Waals surface area contributed by atoms with Crippen LogP contribution in [0.1, 0.15) is 28.0 Å². The third-order valence-electron chi connectivity index (χ3n) is 4.96. The number of amides is 2. The molecule has 3 N–H and O–H groups in total. The van der Waals surface area contributed by atoms with E-state index in [-0.39, 0.29) is 31.0 Å². The number of nitrogens with two attached hydrogens (primary N) is 1. The molecule has 0 aromatic carbocycles. The van der Waals surface area contributed by atoms with E-state index in [0.717, 1.165) is 0 Å². The lowest BCUT2D eigenvalue weighted by Crippen LogP contribution is -2.41. The lowest BCUT2D eigenvalue weighted by molar-refractivity contribution is -0.173. The van der Waals surface area contributed by atoms with Gasteiger partial charge in [0.2, 0.25) is 5.91 Å². The summed E-state index contributed by atoms with van der Waals surface area (Å²) in [4.78, 5) is 43.7. The molecule has 12 heteroatoms. The van der Waals surface area contributed by atoms with Crippen molar-refractivity contribution in [3.63, 3.8) is 0 Å². The number of rotatable bonds is 13. The minimum absolute atomic E-state index is 0.0836. The van der Waals surface area contributed by atoms with Crippen LogP contribution < -0.4 is 11.1 Å². The molecule has 0 radical (unpaired) electrons. The Hall–Kier alpha value is -2.99. The second-order valence-electron chi connectivity index (χ2n) is 7.78. The number of nitrogens with one attached hydrogen (secondary N) is 1. The number of hydrogen-bond donors (Lipinski definition) is 2. The molecule has 0 fully saturated rings. The summed E-state index contributed by atoms with van der Waals surface area (Å²) in [6, 6.07) is 1.48. The molecule has 9 nitrogen and oxygen atoms in total. The predicted octanol–water partition coefficient (Wildman–Crippen LogP) is 1.06. The van der Waals surface area contributed by atoms with Crippen LogP contribution in [0.15, 0.2) is 24.9 Å². The van der Waals surface area contributed by atoms with E-state index in [0.29, 0.717) is 37.3 Å². The quantitative estimate of drug-likeness (QED) is 0.316. The Morgan fingerprint density at radius 1 is 1.26 bits per heavy atom. The van der Waals surface area contributed by atoms with Gasteiger partial charge in [0.05, 0.1) is 12.1 Å². The van der Waals surface area contributed by atoms with Gasteiger partial charge in [-0.15, -0.1) is 0 Å². The number of aryl methyl sites for hydroxylation is 1. The van der Waals surface area contributed by atoms with Gasteiger partial charge in [-0.25, -0.2) is 4.79 Å². The van der Waals surface area contributed by atoms with E-state index in [1.807, 2.05) is 19.0 Å². The number of halogens is 3. The number of nitrogens with zero attached hydrogens (tertiary/aromatic N) is 3. The molecule has 1 aromatic rings. The molecule has 1 heterocycles. The maximum absolute atomic E-state index is 12.8. The van der Waals surface area contributed by atoms with Crippen LogP contribution in [0.4, 0.5) is 13.2 Å². The van der Waals surface area contributed by atoms with E-state index in [9.17, 15) is 27.6 Å². The van der Waals surface area contributed by atoms with Gasteiger partial charge >= 0.3 is 18.1 Å². The predicted molar refractivity (Wildman–Crippen MR) is 120 cm³/mol. The highest BCUT2D eigenvalue weighted by Gasteiger charge is 2.38. The second kappa shape index (κ2) is 13.7. The van der Waals surface area contributed by atoms with Crippen molar-refractivity contribution in [1.29, 1.82) is 0 Å². The van der Waals surface area contributed by atoms with E-state index < -0.39 is 24.2 Å². The number of carbonyl (C=O) groups excluding carboxylic acids is 3. The molecule has 0 aliphatic heterocycles. The summed E-state index contributed by atoms with van der Waals surface area (Å²) in [6.45, 7) is 6.17. The van der Waals surface area contributed by atoms with Crippen molar-refractivity contribution in [3.8, 4) is 0 Å². The van der Waals surface area contributed by atoms with Gasteiger partial charge in [-0.1, -0.05) is 12.7 Å². The minimum atomic E-state index is -4.99. The molecule has 0 bridgehead atoms. The van der Waals surface area contributed by atoms with Crippen LogP contribution in [0.2, 0.25) is 0 Å². The summed E-state index contributed by atoms with van der Waals surface area (Å²) >= 11 is 0. The van der Waals surface area contributed by atoms with Crippen LogP contribution in [0.25, 0.3) is 0 Å². The zero-order valence-corrected chi connectivity index (χ0v) is 19.7. The van der Waals surface area contributed by atoms with E-state index in [1.165, 1.54) is 18.3 Å². The van der Waals surface area contributed by atoms with Crippen molar-refractivity contribution in [2.24, 2.45) is 5.73 Å². The molecule has 0 spiro atoms. The summed E-state index contributed by atoms with van der Waals surface area (Å²) < 4.78 is 42.3. The smallest absolute Gasteiger partial charge is 0.454 e. The van der Waals surface area contributed by atoms with Crippen LogP contribution in [0.3, 0.4) is 0 Å². The van der Waals surface area contributed by atoms with Crippen molar-refractivity contribution < 1.29 is 32.3 Å². The molecular formula is C22H32F3N5O4. The first-order valence-electron chi connectivity index (χ1n) is 10.7. The Kier molecular flexibility index (Phi) is 11.7. The molecule has 0 aliphatic rings. The fourth-order valence-corrected chi connectivity index (χ4v) is 3.02. The first-order chi connectivity index (χ1) is 15.9. The molecule has 0 saturated carbocycles. The van der Waals surface area contributed by atoms with Gasteiger partial charge in [-0.05, 0) is 39.1 Å². The number of aromatic nitrogens is 1. The van der Waals surface area contributed by atoms with Crippen molar-refractivity contribution in [1.82, 2.24) is 20.1 Å². The van der Waals surface area contributed by atoms with E-state index in [4.69, 9.17) is 10.5 Å². The monoisotopic (exact) mass is 487 g/mol. The van der Waals surface area contributed by atoms with Crippen molar-refractivity contribution >= 4 is 17.8 Å². The summed E-state index contributed by atoms with van der Waals surface area (Å²) in [5.74, 6) is -3.00. The maximum Gasteiger partial charge on any atom is 0.471 e. The van der Waals surface area contributed by atoms with Crippen LogP contribution >= 0.6 is 0 Å². The molecule has 2 amide bonds. The van der Waals surface area contributed by atoms with Gasteiger partial charge in [0.1, 0.15) is 6.10 Å². The summed E-state index contributed by atoms with van der Waals surface area (Å²) in [5, 5.41) is 1.73. The molecule has 0 saturated heterocycles. The average molecular weight is 488 g/mol. The van der Waals surface area contributed by atoms with Gasteiger partial charge in [-0.2, -0.15) is 13.2 Å². The van der Waals surface area contributed by atoms with Gasteiger partial charge in [0.25, 0.3) is 0 Å². The Morgan fingerprint density at radius 2 is 1.94 bits per heavy atom. The number of carbonyl (C=O) groups is 3. The van der Waals surface area contributed by atoms with E-state index >= 15 is 0 Å². The standard InChI is InChI=1S/C22H32F3N5O4/c1-5-16(6-9-28-21(33)22(23,24)25)34-20(32)18-7-10-27-15(2)17(18)8-11-30(19(31)14-26)13-12-29(3)4/h5,7,10,16H,1,6,8-9,11-14,26H2,2-4H3,(H,28,33). The molecule has 1 aromatic heterocycles. The van der Waals surface area contributed by atoms with Gasteiger partial charge in [0, 0.05) is 44.5 Å². The highest BCUT2D eigenvalue weighted by atomic mass is 19.4. The number of likely N-dealkylation sites (N-methyl/N-ethyl adjacent to an activating group) is 1. The molecule has 1 atom stereocenters. The fraction of sp³-hybridized carbons (Fsp3) is 0.545. The number of alkyl halides is 3. The van der Waals surface area contributed by atoms with Crippen molar-refractivity contribution in [2.45, 2.75) is 32.0 Å². The third-order valence-corrected chi connectivity index (χ3v) is 4.96. The molecule has 190 valence electrons. The van der Waals surface area contributed by atoms with Crippen LogP contribution in [0.5, 0.6) is 0 Å². The molecule has 34 heavy (non-hydrogen) atoms. The number of pyridine rings is 1. The lowest BCUT2D eigenvalue weighted by Gasteiger charge is -2.25. The SMILES string of the molecule is C=CC(CCNC(=O)C(F)(F)F)OC(=O)c1ccnc(C)c1CCN(CCN(C)C)C(=O)CN. The first kappa shape index (κ1) is 29.0. The van der Waals surface area contributed by atoms with Crippen LogP contribution in [-0.2, 0) is 20.7 Å². The molecule has 1 rings (SSSR count). The second-order valence-corrected chi connectivity index (χ2v) is 7.78. The van der Waals surface area contributed by atoms with Crippen LogP contribution in [-0.4, -0.2) is 91.7 Å². The number of esters is 1. The third kappa shape index (κ3) is 9.48. The summed E-state index contributed by atoms with van der Waals surface area (Å²) in [7, 11) is 3.77. The summed E-state index contributed by atoms with van der Waals surface area (Å²) in [6.07, 6.45) is -2.96. The molecular weight excluding hydrogens is 455 g/mol. The van der Waals surface area contributed by atoms with E-state index in [1.54, 1.807) is 17.1 Å². The maximum atomic E-state index is 12.8. The highest BCUT2D eigenvalue weighted by Crippen LogP contribution is 2.17. The first-order valence-corrected chi connectivity index (χ1v) is 10.7. The Balaban J connectivity index is 2.88. The molecule has 0 aliphatic carbocycles. The molecule has 1 unspecified atom stereocenters. The highest BCUT2D eigenvalue weighted by molar-refractivity contribution is 5.91. The summed E-state index contributed by atoms with van der Waals surface area (Å²) in [5.41, 5.74) is 6.91. The van der Waals surface area contributed by atoms with Crippen LogP contribution in [0, 0.1) is 6.92 Å². The Morgan fingerprint density at radius 3 is 2.50 bits per heavy atom. The lowest BCUT2D eigenvalue weighted by atomic mass is 10.0. The van der Waals surface area contributed by atoms with Crippen molar-refractivity contribution in [3.05, 3.63) is 41.7 Å². The largest absolute Gasteiger partial charge is 0.471 e. The zero-order chi connectivity index (χ0) is 25.9. The topological polar surface area (TPSA) is 118 Å². The Labute approximate surface area is 197 Å². The van der Waals surface area contributed by atoms with Crippen molar-refractivity contribution in [2.75, 3.05) is 46.8 Å². The Bertz CT molecular complexity index is 861. The number of hydrogen-bond acceptors (Lipinski definition) is 7. The van der Waals surface area contributed by atoms with Gasteiger partial charge < -0.3 is 25.6 Å². The van der Waals surface area contributed by atoms with Gasteiger partial charge in [-0.3, -0.25) is 14.6 Å². The fourth-order valence-electron chi connectivity index (χ4n) is 3.02. The minimum Gasteiger partial charge on any atom is -0.454 e. The average Bonchev–Trinajstić information content (AvgIpc) is 2.77.